The van der Waals surface area contributed by atoms with Gasteiger partial charge in [-0.2, -0.15) is 0 Å². The van der Waals surface area contributed by atoms with E-state index in [4.69, 9.17) is 14.2 Å². The molecule has 2 aromatic rings. The first-order valence-electron chi connectivity index (χ1n) is 10.9. The van der Waals surface area contributed by atoms with Crippen LogP contribution in [0.5, 0.6) is 11.5 Å². The van der Waals surface area contributed by atoms with Crippen molar-refractivity contribution in [2.75, 3.05) is 19.9 Å². The lowest BCUT2D eigenvalue weighted by Crippen LogP contribution is -2.51. The van der Waals surface area contributed by atoms with E-state index < -0.39 is 22.2 Å². The summed E-state index contributed by atoms with van der Waals surface area (Å²) in [5.74, 6) is 0.930. The minimum Gasteiger partial charge on any atom is -0.454 e. The molecule has 2 aromatic carbocycles. The zero-order valence-corrected chi connectivity index (χ0v) is 19.1. The van der Waals surface area contributed by atoms with Crippen LogP contribution in [0, 0.1) is 6.92 Å². The van der Waals surface area contributed by atoms with E-state index in [1.54, 1.807) is 42.5 Å². The average Bonchev–Trinajstić information content (AvgIpc) is 3.28. The topological polar surface area (TPSA) is 123 Å². The molecule has 0 unspecified atom stereocenters. The van der Waals surface area contributed by atoms with Crippen molar-refractivity contribution in [1.82, 2.24) is 10.0 Å². The van der Waals surface area contributed by atoms with Gasteiger partial charge in [0.2, 0.25) is 16.8 Å². The largest absolute Gasteiger partial charge is 0.454 e. The van der Waals surface area contributed by atoms with Gasteiger partial charge < -0.3 is 24.6 Å². The van der Waals surface area contributed by atoms with Crippen LogP contribution in [0.25, 0.3) is 0 Å². The summed E-state index contributed by atoms with van der Waals surface area (Å²) in [6, 6.07) is 11.1. The summed E-state index contributed by atoms with van der Waals surface area (Å²) in [5.41, 5.74) is 1.44. The normalized spacial score (nSPS) is 22.2. The maximum absolute atomic E-state index is 12.7. The molecule has 1 amide bonds. The van der Waals surface area contributed by atoms with Crippen molar-refractivity contribution in [1.29, 1.82) is 0 Å². The number of sulfonamides is 1. The monoisotopic (exact) mass is 476 g/mol. The minimum absolute atomic E-state index is 0.146. The number of ether oxygens (including phenoxy) is 3. The molecule has 3 N–H and O–H groups in total. The van der Waals surface area contributed by atoms with Crippen molar-refractivity contribution < 1.29 is 32.5 Å². The molecule has 0 saturated carbocycles. The molecule has 178 valence electrons. The number of aliphatic hydroxyl groups is 1. The van der Waals surface area contributed by atoms with Crippen LogP contribution in [0.4, 0.5) is 0 Å². The van der Waals surface area contributed by atoms with Gasteiger partial charge in [-0.15, -0.1) is 0 Å². The summed E-state index contributed by atoms with van der Waals surface area (Å²) in [7, 11) is -3.72. The van der Waals surface area contributed by atoms with Crippen LogP contribution in [-0.4, -0.2) is 57.6 Å². The van der Waals surface area contributed by atoms with Crippen molar-refractivity contribution in [3.8, 4) is 11.5 Å². The fourth-order valence-corrected chi connectivity index (χ4v) is 5.25. The molecular weight excluding hydrogens is 448 g/mol. The summed E-state index contributed by atoms with van der Waals surface area (Å²) in [6.07, 6.45) is 0.826. The summed E-state index contributed by atoms with van der Waals surface area (Å²) < 4.78 is 44.5. The van der Waals surface area contributed by atoms with E-state index in [2.05, 4.69) is 10.0 Å². The second-order valence-corrected chi connectivity index (χ2v) is 9.92. The Hall–Kier alpha value is -2.66. The number of aryl methyl sites for hydroxylation is 1. The third kappa shape index (κ3) is 5.64. The molecule has 1 fully saturated rings. The highest BCUT2D eigenvalue weighted by atomic mass is 32.2. The molecule has 0 spiro atoms. The SMILES string of the molecule is Cc1ccc(S(=O)(=O)N[C@@H]2CC[C@H](CCNC(=O)c3ccc4c(c3)OCO4)O[C@H]2CO)cc1. The number of amides is 1. The first-order valence-corrected chi connectivity index (χ1v) is 12.4. The molecule has 0 aliphatic carbocycles. The van der Waals surface area contributed by atoms with Crippen molar-refractivity contribution in [2.45, 2.75) is 49.3 Å². The fraction of sp³-hybridized carbons (Fsp3) is 0.435. The molecule has 2 aliphatic rings. The summed E-state index contributed by atoms with van der Waals surface area (Å²) >= 11 is 0. The first kappa shape index (κ1) is 23.5. The zero-order chi connectivity index (χ0) is 23.4. The van der Waals surface area contributed by atoms with Gasteiger partial charge in [-0.1, -0.05) is 17.7 Å². The van der Waals surface area contributed by atoms with E-state index in [0.29, 0.717) is 42.9 Å². The number of rotatable bonds is 8. The van der Waals surface area contributed by atoms with Crippen LogP contribution in [0.1, 0.15) is 35.2 Å². The predicted molar refractivity (Wildman–Crippen MR) is 120 cm³/mol. The van der Waals surface area contributed by atoms with Crippen LogP contribution >= 0.6 is 0 Å². The Kier molecular flexibility index (Phi) is 7.18. The Bertz CT molecular complexity index is 1090. The third-order valence-electron chi connectivity index (χ3n) is 5.82. The highest BCUT2D eigenvalue weighted by Crippen LogP contribution is 2.32. The maximum atomic E-state index is 12.7. The highest BCUT2D eigenvalue weighted by Gasteiger charge is 2.33. The Labute approximate surface area is 193 Å². The third-order valence-corrected chi connectivity index (χ3v) is 7.33. The zero-order valence-electron chi connectivity index (χ0n) is 18.3. The number of hydrogen-bond acceptors (Lipinski definition) is 7. The number of carbonyl (C=O) groups excluding carboxylic acids is 1. The molecule has 4 rings (SSSR count). The lowest BCUT2D eigenvalue weighted by Gasteiger charge is -2.36. The molecule has 2 heterocycles. The van der Waals surface area contributed by atoms with Crippen LogP contribution in [0.3, 0.4) is 0 Å². The van der Waals surface area contributed by atoms with Gasteiger partial charge >= 0.3 is 0 Å². The molecule has 2 aliphatic heterocycles. The van der Waals surface area contributed by atoms with Gasteiger partial charge in [0, 0.05) is 12.1 Å². The molecule has 1 saturated heterocycles. The first-order chi connectivity index (χ1) is 15.9. The quantitative estimate of drug-likeness (QED) is 0.530. The van der Waals surface area contributed by atoms with Gasteiger partial charge in [0.25, 0.3) is 5.91 Å². The number of carbonyl (C=O) groups is 1. The van der Waals surface area contributed by atoms with Crippen LogP contribution in [0.2, 0.25) is 0 Å². The Balaban J connectivity index is 1.27. The number of fused-ring (bicyclic) bond motifs is 1. The molecule has 33 heavy (non-hydrogen) atoms. The van der Waals surface area contributed by atoms with Crippen molar-refractivity contribution >= 4 is 15.9 Å². The van der Waals surface area contributed by atoms with Crippen molar-refractivity contribution in [3.63, 3.8) is 0 Å². The molecule has 3 atom stereocenters. The van der Waals surface area contributed by atoms with E-state index in [9.17, 15) is 18.3 Å². The lowest BCUT2D eigenvalue weighted by molar-refractivity contribution is -0.0871. The van der Waals surface area contributed by atoms with Gasteiger partial charge in [0.15, 0.2) is 11.5 Å². The van der Waals surface area contributed by atoms with Crippen molar-refractivity contribution in [2.24, 2.45) is 0 Å². The van der Waals surface area contributed by atoms with Gasteiger partial charge in [0.1, 0.15) is 0 Å². The van der Waals surface area contributed by atoms with Crippen molar-refractivity contribution in [3.05, 3.63) is 53.6 Å². The van der Waals surface area contributed by atoms with E-state index in [1.165, 1.54) is 0 Å². The van der Waals surface area contributed by atoms with Crippen LogP contribution in [0.15, 0.2) is 47.4 Å². The minimum atomic E-state index is -3.72. The molecule has 9 nitrogen and oxygen atoms in total. The summed E-state index contributed by atoms with van der Waals surface area (Å²) in [6.45, 7) is 2.11. The number of aliphatic hydroxyl groups excluding tert-OH is 1. The van der Waals surface area contributed by atoms with E-state index in [-0.39, 0.29) is 30.3 Å². The van der Waals surface area contributed by atoms with Gasteiger partial charge in [-0.05, 0) is 56.5 Å². The van der Waals surface area contributed by atoms with Crippen LogP contribution in [-0.2, 0) is 14.8 Å². The smallest absolute Gasteiger partial charge is 0.251 e. The van der Waals surface area contributed by atoms with Gasteiger partial charge in [-0.25, -0.2) is 13.1 Å². The van der Waals surface area contributed by atoms with E-state index in [0.717, 1.165) is 5.56 Å². The maximum Gasteiger partial charge on any atom is 0.251 e. The molecule has 0 radical (unpaired) electrons. The highest BCUT2D eigenvalue weighted by molar-refractivity contribution is 7.89. The van der Waals surface area contributed by atoms with Crippen LogP contribution < -0.4 is 19.5 Å². The molecule has 10 heteroatoms. The Morgan fingerprint density at radius 1 is 1.09 bits per heavy atom. The summed E-state index contributed by atoms with van der Waals surface area (Å²) in [5, 5.41) is 12.6. The standard InChI is InChI=1S/C23H28N2O7S/c1-15-2-6-18(7-3-15)33(28,29)25-19-8-5-17(32-22(19)13-26)10-11-24-23(27)16-4-9-20-21(12-16)31-14-30-20/h2-4,6-7,9,12,17,19,22,25-26H,5,8,10-11,13-14H2,1H3,(H,24,27)/t17-,19-,22+/m1/s1. The average molecular weight is 477 g/mol. The Morgan fingerprint density at radius 2 is 1.85 bits per heavy atom. The second kappa shape index (κ2) is 10.1. The number of hydrogen-bond donors (Lipinski definition) is 3. The fourth-order valence-electron chi connectivity index (χ4n) is 3.95. The van der Waals surface area contributed by atoms with Gasteiger partial charge in [0.05, 0.1) is 29.8 Å². The van der Waals surface area contributed by atoms with Gasteiger partial charge in [-0.3, -0.25) is 4.79 Å². The molecule has 0 bridgehead atoms. The number of nitrogens with one attached hydrogen (secondary N) is 2. The lowest BCUT2D eigenvalue weighted by atomic mass is 9.98. The molecule has 0 aromatic heterocycles. The predicted octanol–water partition coefficient (Wildman–Crippen LogP) is 1.73. The van der Waals surface area contributed by atoms with E-state index >= 15 is 0 Å². The van der Waals surface area contributed by atoms with E-state index in [1.807, 2.05) is 6.92 Å². The summed E-state index contributed by atoms with van der Waals surface area (Å²) in [4.78, 5) is 12.6. The number of benzene rings is 2. The molecular formula is C23H28N2O7S. The second-order valence-electron chi connectivity index (χ2n) is 8.21. The Morgan fingerprint density at radius 3 is 2.61 bits per heavy atom.